The minimum atomic E-state index is -0.665. The van der Waals surface area contributed by atoms with Gasteiger partial charge in [0.15, 0.2) is 5.75 Å². The zero-order valence-corrected chi connectivity index (χ0v) is 12.1. The number of ether oxygens (including phenoxy) is 1. The molecule has 0 amide bonds. The molecule has 1 aromatic heterocycles. The van der Waals surface area contributed by atoms with Crippen LogP contribution in [0, 0.1) is 10.1 Å². The van der Waals surface area contributed by atoms with E-state index >= 15 is 0 Å². The van der Waals surface area contributed by atoms with E-state index in [1.807, 2.05) is 16.8 Å². The first-order valence-corrected chi connectivity index (χ1v) is 6.32. The fourth-order valence-electron chi connectivity index (χ4n) is 1.73. The van der Waals surface area contributed by atoms with Crippen LogP contribution in [0.2, 0.25) is 0 Å². The third kappa shape index (κ3) is 3.01. The Labute approximate surface area is 125 Å². The number of phenols is 1. The number of nitro groups is 1. The van der Waals surface area contributed by atoms with Crippen molar-refractivity contribution in [2.45, 2.75) is 6.04 Å². The van der Waals surface area contributed by atoms with Crippen LogP contribution < -0.4 is 10.5 Å². The Morgan fingerprint density at radius 1 is 1.45 bits per heavy atom. The molecule has 0 aliphatic heterocycles. The van der Waals surface area contributed by atoms with E-state index in [1.54, 1.807) is 0 Å². The average molecular weight is 317 g/mol. The minimum absolute atomic E-state index is 0. The standard InChI is InChI=1S/C12H12N2O4S.ClH/c1-18-10-5-8(4-9(12(10)15)14(16)17)11(13)7-2-3-19-6-7;/h2-6,11,15H,13H2,1H3;1H/t11-;/m0./s1. The molecule has 0 aliphatic rings. The maximum absolute atomic E-state index is 10.9. The molecule has 20 heavy (non-hydrogen) atoms. The molecule has 8 heteroatoms. The second-order valence-electron chi connectivity index (χ2n) is 3.88. The van der Waals surface area contributed by atoms with Gasteiger partial charge in [-0.25, -0.2) is 0 Å². The van der Waals surface area contributed by atoms with Crippen molar-refractivity contribution in [2.75, 3.05) is 7.11 Å². The normalized spacial score (nSPS) is 11.5. The van der Waals surface area contributed by atoms with Crippen LogP contribution in [-0.2, 0) is 0 Å². The number of rotatable bonds is 4. The van der Waals surface area contributed by atoms with E-state index in [4.69, 9.17) is 10.5 Å². The summed E-state index contributed by atoms with van der Waals surface area (Å²) in [7, 11) is 1.33. The second kappa shape index (κ2) is 6.56. The Balaban J connectivity index is 0.00000200. The number of phenolic OH excluding ortho intramolecular Hbond substituents is 1. The zero-order chi connectivity index (χ0) is 14.0. The molecule has 0 unspecified atom stereocenters. The SMILES string of the molecule is COc1cc([C@@H](N)c2ccsc2)cc([N+](=O)[O-])c1O.Cl. The summed E-state index contributed by atoms with van der Waals surface area (Å²) in [6.45, 7) is 0. The maximum Gasteiger partial charge on any atom is 0.315 e. The van der Waals surface area contributed by atoms with Crippen LogP contribution in [0.1, 0.15) is 17.2 Å². The molecule has 6 nitrogen and oxygen atoms in total. The van der Waals surface area contributed by atoms with Gasteiger partial charge in [0.2, 0.25) is 5.75 Å². The van der Waals surface area contributed by atoms with Gasteiger partial charge >= 0.3 is 5.69 Å². The molecule has 1 heterocycles. The predicted octanol–water partition coefficient (Wildman–Crippen LogP) is 2.84. The van der Waals surface area contributed by atoms with Crippen LogP contribution >= 0.6 is 23.7 Å². The molecule has 0 aliphatic carbocycles. The molecule has 0 saturated heterocycles. The molecule has 1 aromatic carbocycles. The van der Waals surface area contributed by atoms with E-state index in [9.17, 15) is 15.2 Å². The van der Waals surface area contributed by atoms with Crippen molar-refractivity contribution in [1.82, 2.24) is 0 Å². The van der Waals surface area contributed by atoms with E-state index in [0.717, 1.165) is 5.56 Å². The number of hydrogen-bond donors (Lipinski definition) is 2. The molecule has 108 valence electrons. The van der Waals surface area contributed by atoms with E-state index in [-0.39, 0.29) is 18.2 Å². The Kier molecular flexibility index (Phi) is 5.32. The van der Waals surface area contributed by atoms with Crippen molar-refractivity contribution in [1.29, 1.82) is 0 Å². The van der Waals surface area contributed by atoms with E-state index < -0.39 is 22.4 Å². The fraction of sp³-hybridized carbons (Fsp3) is 0.167. The summed E-state index contributed by atoms with van der Waals surface area (Å²) in [5, 5.41) is 24.3. The number of aromatic hydroxyl groups is 1. The Morgan fingerprint density at radius 3 is 2.65 bits per heavy atom. The number of nitrogens with zero attached hydrogens (tertiary/aromatic N) is 1. The van der Waals surface area contributed by atoms with Crippen LogP contribution in [0.25, 0.3) is 0 Å². The maximum atomic E-state index is 10.9. The van der Waals surface area contributed by atoms with Crippen molar-refractivity contribution < 1.29 is 14.8 Å². The first-order chi connectivity index (χ1) is 9.04. The number of benzene rings is 1. The van der Waals surface area contributed by atoms with Crippen LogP contribution in [0.4, 0.5) is 5.69 Å². The molecule has 0 saturated carbocycles. The van der Waals surface area contributed by atoms with E-state index in [2.05, 4.69) is 0 Å². The number of methoxy groups -OCH3 is 1. The van der Waals surface area contributed by atoms with Gasteiger partial charge in [0.05, 0.1) is 18.1 Å². The van der Waals surface area contributed by atoms with Crippen LogP contribution in [0.3, 0.4) is 0 Å². The first-order valence-electron chi connectivity index (χ1n) is 5.37. The molecular formula is C12H13ClN2O4S. The van der Waals surface area contributed by atoms with E-state index in [1.165, 1.54) is 30.6 Å². The highest BCUT2D eigenvalue weighted by Crippen LogP contribution is 2.39. The van der Waals surface area contributed by atoms with Crippen molar-refractivity contribution in [3.05, 3.63) is 50.2 Å². The Hall–Kier alpha value is -1.83. The number of thiophene rings is 1. The highest BCUT2D eigenvalue weighted by molar-refractivity contribution is 7.08. The summed E-state index contributed by atoms with van der Waals surface area (Å²) < 4.78 is 4.94. The van der Waals surface area contributed by atoms with Gasteiger partial charge in [0.1, 0.15) is 0 Å². The summed E-state index contributed by atoms with van der Waals surface area (Å²) in [4.78, 5) is 10.2. The average Bonchev–Trinajstić information content (AvgIpc) is 2.91. The number of nitrogens with two attached hydrogens (primary N) is 1. The van der Waals surface area contributed by atoms with Crippen LogP contribution in [-0.4, -0.2) is 17.1 Å². The molecule has 0 spiro atoms. The summed E-state index contributed by atoms with van der Waals surface area (Å²) in [6, 6.07) is 4.12. The largest absolute Gasteiger partial charge is 0.500 e. The lowest BCUT2D eigenvalue weighted by molar-refractivity contribution is -0.386. The molecule has 2 aromatic rings. The monoisotopic (exact) mass is 316 g/mol. The highest BCUT2D eigenvalue weighted by Gasteiger charge is 2.22. The topological polar surface area (TPSA) is 98.6 Å². The van der Waals surface area contributed by atoms with Crippen LogP contribution in [0.5, 0.6) is 11.5 Å². The second-order valence-corrected chi connectivity index (χ2v) is 4.66. The van der Waals surface area contributed by atoms with Crippen molar-refractivity contribution in [2.24, 2.45) is 5.73 Å². The van der Waals surface area contributed by atoms with Gasteiger partial charge in [0, 0.05) is 6.07 Å². The summed E-state index contributed by atoms with van der Waals surface area (Å²) in [5.74, 6) is -0.455. The van der Waals surface area contributed by atoms with Gasteiger partial charge in [-0.2, -0.15) is 11.3 Å². The predicted molar refractivity (Wildman–Crippen MR) is 78.9 cm³/mol. The van der Waals surface area contributed by atoms with Gasteiger partial charge < -0.3 is 15.6 Å². The fourth-order valence-corrected chi connectivity index (χ4v) is 2.43. The summed E-state index contributed by atoms with van der Waals surface area (Å²) in [6.07, 6.45) is 0. The lowest BCUT2D eigenvalue weighted by Gasteiger charge is -2.13. The lowest BCUT2D eigenvalue weighted by atomic mass is 10.0. The highest BCUT2D eigenvalue weighted by atomic mass is 35.5. The molecule has 0 bridgehead atoms. The number of hydrogen-bond acceptors (Lipinski definition) is 6. The van der Waals surface area contributed by atoms with Gasteiger partial charge in [0.25, 0.3) is 0 Å². The van der Waals surface area contributed by atoms with Gasteiger partial charge in [-0.3, -0.25) is 10.1 Å². The van der Waals surface area contributed by atoms with Gasteiger partial charge in [-0.15, -0.1) is 12.4 Å². The number of nitro benzene ring substituents is 1. The quantitative estimate of drug-likeness (QED) is 0.667. The molecule has 3 N–H and O–H groups in total. The lowest BCUT2D eigenvalue weighted by Crippen LogP contribution is -2.11. The summed E-state index contributed by atoms with van der Waals surface area (Å²) in [5.41, 5.74) is 7.00. The number of halogens is 1. The molecule has 0 radical (unpaired) electrons. The molecule has 1 atom stereocenters. The minimum Gasteiger partial charge on any atom is -0.500 e. The summed E-state index contributed by atoms with van der Waals surface area (Å²) >= 11 is 1.49. The molecular weight excluding hydrogens is 304 g/mol. The van der Waals surface area contributed by atoms with Crippen molar-refractivity contribution in [3.63, 3.8) is 0 Å². The van der Waals surface area contributed by atoms with Crippen molar-refractivity contribution >= 4 is 29.4 Å². The first kappa shape index (κ1) is 16.2. The Bertz CT molecular complexity index is 604. The van der Waals surface area contributed by atoms with Crippen LogP contribution in [0.15, 0.2) is 29.0 Å². The smallest absolute Gasteiger partial charge is 0.315 e. The van der Waals surface area contributed by atoms with E-state index in [0.29, 0.717) is 5.56 Å². The molecule has 0 fully saturated rings. The molecule has 2 rings (SSSR count). The third-order valence-electron chi connectivity index (χ3n) is 2.76. The zero-order valence-electron chi connectivity index (χ0n) is 10.5. The van der Waals surface area contributed by atoms with Crippen molar-refractivity contribution in [3.8, 4) is 11.5 Å². The Morgan fingerprint density at radius 2 is 2.15 bits per heavy atom. The van der Waals surface area contributed by atoms with Gasteiger partial charge in [-0.05, 0) is 34.0 Å². The van der Waals surface area contributed by atoms with Gasteiger partial charge in [-0.1, -0.05) is 0 Å². The third-order valence-corrected chi connectivity index (χ3v) is 3.46.